The molecule has 0 fully saturated rings. The van der Waals surface area contributed by atoms with Gasteiger partial charge in [-0.3, -0.25) is 14.9 Å². The molecule has 0 radical (unpaired) electrons. The Morgan fingerprint density at radius 3 is 2.62 bits per heavy atom. The van der Waals surface area contributed by atoms with Crippen molar-refractivity contribution in [3.63, 3.8) is 0 Å². The molecular formula is C14H16ClN3O3. The zero-order valence-corrected chi connectivity index (χ0v) is 12.7. The maximum absolute atomic E-state index is 11.8. The van der Waals surface area contributed by atoms with E-state index in [1.54, 1.807) is 6.07 Å². The van der Waals surface area contributed by atoms with E-state index in [0.29, 0.717) is 5.82 Å². The Morgan fingerprint density at radius 1 is 1.43 bits per heavy atom. The summed E-state index contributed by atoms with van der Waals surface area (Å²) in [5.41, 5.74) is 1.63. The van der Waals surface area contributed by atoms with Gasteiger partial charge in [0.2, 0.25) is 5.91 Å². The van der Waals surface area contributed by atoms with E-state index in [1.165, 1.54) is 6.92 Å². The number of halogens is 1. The molecule has 2 N–H and O–H groups in total. The second kappa shape index (κ2) is 7.54. The van der Waals surface area contributed by atoms with Gasteiger partial charge in [-0.05, 0) is 38.5 Å². The number of hydrogen-bond donors (Lipinski definition) is 2. The molecule has 112 valence electrons. The SMILES string of the molecule is C/C(O)=C(/C=N/c1cc(C)cc(C)n1)C(=O)NC(=O)CCl. The highest BCUT2D eigenvalue weighted by molar-refractivity contribution is 6.29. The Labute approximate surface area is 127 Å². The van der Waals surface area contributed by atoms with Crippen LogP contribution in [0.15, 0.2) is 28.5 Å². The summed E-state index contributed by atoms with van der Waals surface area (Å²) in [6.07, 6.45) is 1.16. The zero-order valence-electron chi connectivity index (χ0n) is 12.0. The first-order valence-corrected chi connectivity index (χ1v) is 6.66. The van der Waals surface area contributed by atoms with Gasteiger partial charge in [0.05, 0.1) is 5.57 Å². The molecule has 0 unspecified atom stereocenters. The van der Waals surface area contributed by atoms with E-state index < -0.39 is 11.8 Å². The molecule has 1 rings (SSSR count). The number of aliphatic hydroxyl groups is 1. The third-order valence-electron chi connectivity index (χ3n) is 2.42. The van der Waals surface area contributed by atoms with E-state index in [0.717, 1.165) is 17.5 Å². The lowest BCUT2D eigenvalue weighted by molar-refractivity contribution is -0.126. The maximum Gasteiger partial charge on any atom is 0.262 e. The lowest BCUT2D eigenvalue weighted by Crippen LogP contribution is -2.33. The van der Waals surface area contributed by atoms with Gasteiger partial charge in [0.25, 0.3) is 5.91 Å². The monoisotopic (exact) mass is 309 g/mol. The number of aromatic nitrogens is 1. The fraction of sp³-hybridized carbons (Fsp3) is 0.286. The highest BCUT2D eigenvalue weighted by Crippen LogP contribution is 2.12. The number of hydrogen-bond acceptors (Lipinski definition) is 5. The first-order chi connectivity index (χ1) is 9.83. The van der Waals surface area contributed by atoms with Crippen LogP contribution in [0.1, 0.15) is 18.2 Å². The average Bonchev–Trinajstić information content (AvgIpc) is 2.37. The summed E-state index contributed by atoms with van der Waals surface area (Å²) in [6, 6.07) is 3.62. The van der Waals surface area contributed by atoms with Crippen LogP contribution in [0.4, 0.5) is 5.82 Å². The number of amides is 2. The van der Waals surface area contributed by atoms with Crippen molar-refractivity contribution in [2.75, 3.05) is 5.88 Å². The second-order valence-electron chi connectivity index (χ2n) is 4.41. The first kappa shape index (κ1) is 16.8. The second-order valence-corrected chi connectivity index (χ2v) is 4.68. The normalized spacial score (nSPS) is 12.2. The summed E-state index contributed by atoms with van der Waals surface area (Å²) >= 11 is 5.30. The van der Waals surface area contributed by atoms with Gasteiger partial charge in [-0.1, -0.05) is 0 Å². The predicted octanol–water partition coefficient (Wildman–Crippen LogP) is 2.11. The molecule has 7 heteroatoms. The summed E-state index contributed by atoms with van der Waals surface area (Å²) in [5, 5.41) is 11.5. The minimum atomic E-state index is -0.770. The molecule has 0 aliphatic carbocycles. The number of aliphatic imine (C=N–C) groups is 1. The van der Waals surface area contributed by atoms with E-state index >= 15 is 0 Å². The summed E-state index contributed by atoms with van der Waals surface area (Å²) in [4.78, 5) is 31.1. The Balaban J connectivity index is 2.99. The number of alkyl halides is 1. The molecule has 1 aromatic rings. The van der Waals surface area contributed by atoms with Gasteiger partial charge < -0.3 is 5.11 Å². The van der Waals surface area contributed by atoms with Gasteiger partial charge in [0.1, 0.15) is 11.6 Å². The fourth-order valence-corrected chi connectivity index (χ4v) is 1.63. The number of imide groups is 1. The number of carbonyl (C=O) groups excluding carboxylic acids is 2. The number of nitrogens with one attached hydrogen (secondary N) is 1. The number of aliphatic hydroxyl groups excluding tert-OH is 1. The van der Waals surface area contributed by atoms with Crippen LogP contribution in [0.25, 0.3) is 0 Å². The molecule has 1 aromatic heterocycles. The minimum Gasteiger partial charge on any atom is -0.512 e. The number of pyridine rings is 1. The third-order valence-corrected chi connectivity index (χ3v) is 2.66. The molecule has 6 nitrogen and oxygen atoms in total. The van der Waals surface area contributed by atoms with E-state index in [2.05, 4.69) is 9.98 Å². The quantitative estimate of drug-likeness (QED) is 0.386. The van der Waals surface area contributed by atoms with Crippen LogP contribution in [0, 0.1) is 13.8 Å². The summed E-state index contributed by atoms with van der Waals surface area (Å²) < 4.78 is 0. The van der Waals surface area contributed by atoms with Gasteiger partial charge in [-0.15, -0.1) is 11.6 Å². The number of rotatable bonds is 4. The Morgan fingerprint density at radius 2 is 2.10 bits per heavy atom. The van der Waals surface area contributed by atoms with E-state index in [9.17, 15) is 14.7 Å². The highest BCUT2D eigenvalue weighted by Gasteiger charge is 2.14. The summed E-state index contributed by atoms with van der Waals surface area (Å²) in [6.45, 7) is 5.04. The van der Waals surface area contributed by atoms with Gasteiger partial charge in [0.15, 0.2) is 5.82 Å². The number of carbonyl (C=O) groups is 2. The van der Waals surface area contributed by atoms with Crippen LogP contribution < -0.4 is 5.32 Å². The molecular weight excluding hydrogens is 294 g/mol. The van der Waals surface area contributed by atoms with Gasteiger partial charge >= 0.3 is 0 Å². The molecule has 0 aromatic carbocycles. The molecule has 1 heterocycles. The predicted molar refractivity (Wildman–Crippen MR) is 81.1 cm³/mol. The van der Waals surface area contributed by atoms with Crippen molar-refractivity contribution < 1.29 is 14.7 Å². The smallest absolute Gasteiger partial charge is 0.262 e. The van der Waals surface area contributed by atoms with Crippen LogP contribution in [-0.2, 0) is 9.59 Å². The van der Waals surface area contributed by atoms with Gasteiger partial charge in [-0.25, -0.2) is 9.98 Å². The molecule has 21 heavy (non-hydrogen) atoms. The van der Waals surface area contributed by atoms with Crippen molar-refractivity contribution in [1.29, 1.82) is 0 Å². The molecule has 0 aliphatic heterocycles. The van der Waals surface area contributed by atoms with Crippen molar-refractivity contribution in [1.82, 2.24) is 10.3 Å². The van der Waals surface area contributed by atoms with E-state index in [4.69, 9.17) is 11.6 Å². The standard InChI is InChI=1S/C14H16ClN3O3/c1-8-4-9(2)17-12(5-8)16-7-11(10(3)19)14(21)18-13(20)6-15/h4-5,7,19H,6H2,1-3H3,(H,18,20,21)/b11-10+,16-7+. The van der Waals surface area contributed by atoms with Crippen molar-refractivity contribution >= 4 is 35.4 Å². The molecule has 0 saturated carbocycles. The first-order valence-electron chi connectivity index (χ1n) is 6.13. The highest BCUT2D eigenvalue weighted by atomic mass is 35.5. The molecule has 2 amide bonds. The van der Waals surface area contributed by atoms with Crippen LogP contribution >= 0.6 is 11.6 Å². The summed E-state index contributed by atoms with van der Waals surface area (Å²) in [5.74, 6) is -1.63. The third kappa shape index (κ3) is 5.35. The number of allylic oxidation sites excluding steroid dienone is 1. The Bertz CT molecular complexity index is 600. The van der Waals surface area contributed by atoms with Crippen molar-refractivity contribution in [2.45, 2.75) is 20.8 Å². The topological polar surface area (TPSA) is 91.7 Å². The van der Waals surface area contributed by atoms with E-state index in [-0.39, 0.29) is 17.2 Å². The lowest BCUT2D eigenvalue weighted by Gasteiger charge is -2.04. The largest absolute Gasteiger partial charge is 0.512 e. The number of aryl methyl sites for hydroxylation is 2. The maximum atomic E-state index is 11.8. The molecule has 0 bridgehead atoms. The van der Waals surface area contributed by atoms with E-state index in [1.807, 2.05) is 25.2 Å². The van der Waals surface area contributed by atoms with Crippen molar-refractivity contribution in [2.24, 2.45) is 4.99 Å². The molecule has 0 saturated heterocycles. The van der Waals surface area contributed by atoms with Crippen LogP contribution in [-0.4, -0.2) is 34.0 Å². The van der Waals surface area contributed by atoms with Crippen molar-refractivity contribution in [3.8, 4) is 0 Å². The molecule has 0 aliphatic rings. The fourth-order valence-electron chi connectivity index (χ4n) is 1.56. The minimum absolute atomic E-state index is 0.130. The zero-order chi connectivity index (χ0) is 16.0. The van der Waals surface area contributed by atoms with Crippen LogP contribution in [0.2, 0.25) is 0 Å². The summed E-state index contributed by atoms with van der Waals surface area (Å²) in [7, 11) is 0. The average molecular weight is 310 g/mol. The van der Waals surface area contributed by atoms with Crippen LogP contribution in [0.3, 0.4) is 0 Å². The van der Waals surface area contributed by atoms with Crippen LogP contribution in [0.5, 0.6) is 0 Å². The molecule has 0 atom stereocenters. The van der Waals surface area contributed by atoms with Crippen molar-refractivity contribution in [3.05, 3.63) is 34.7 Å². The Hall–Kier alpha value is -2.21. The number of nitrogens with zero attached hydrogens (tertiary/aromatic N) is 2. The molecule has 0 spiro atoms. The van der Waals surface area contributed by atoms with Gasteiger partial charge in [0, 0.05) is 11.9 Å². The lowest BCUT2D eigenvalue weighted by atomic mass is 10.2. The van der Waals surface area contributed by atoms with Gasteiger partial charge in [-0.2, -0.15) is 0 Å². The Kier molecular flexibility index (Phi) is 6.05.